The van der Waals surface area contributed by atoms with E-state index in [1.54, 1.807) is 0 Å². The molecule has 2 aliphatic rings. The SMILES string of the molecule is CCN1CCN(CC2CCS(=O)(=O)C2)C(C)(C)C1=O. The van der Waals surface area contributed by atoms with Crippen molar-refractivity contribution in [3.63, 3.8) is 0 Å². The van der Waals surface area contributed by atoms with Gasteiger partial charge in [-0.05, 0) is 33.1 Å². The van der Waals surface area contributed by atoms with Crippen molar-refractivity contribution in [3.05, 3.63) is 0 Å². The third-order valence-electron chi connectivity index (χ3n) is 4.43. The Bertz CT molecular complexity index is 459. The molecule has 110 valence electrons. The third kappa shape index (κ3) is 2.94. The highest BCUT2D eigenvalue weighted by molar-refractivity contribution is 7.91. The molecule has 0 radical (unpaired) electrons. The van der Waals surface area contributed by atoms with Gasteiger partial charge in [0.1, 0.15) is 0 Å². The van der Waals surface area contributed by atoms with Gasteiger partial charge in [-0.25, -0.2) is 8.42 Å². The van der Waals surface area contributed by atoms with Gasteiger partial charge in [-0.3, -0.25) is 9.69 Å². The summed E-state index contributed by atoms with van der Waals surface area (Å²) in [6.45, 7) is 8.93. The lowest BCUT2D eigenvalue weighted by molar-refractivity contribution is -0.149. The molecular formula is C13H24N2O3S. The van der Waals surface area contributed by atoms with Gasteiger partial charge in [0.05, 0.1) is 17.0 Å². The van der Waals surface area contributed by atoms with E-state index in [-0.39, 0.29) is 17.6 Å². The second-order valence-electron chi connectivity index (χ2n) is 6.16. The lowest BCUT2D eigenvalue weighted by Gasteiger charge is -2.46. The normalized spacial score (nSPS) is 30.8. The molecule has 0 N–H and O–H groups in total. The molecule has 0 spiro atoms. The summed E-state index contributed by atoms with van der Waals surface area (Å²) in [7, 11) is -2.83. The highest BCUT2D eigenvalue weighted by atomic mass is 32.2. The van der Waals surface area contributed by atoms with Crippen LogP contribution in [0, 0.1) is 5.92 Å². The summed E-state index contributed by atoms with van der Waals surface area (Å²) >= 11 is 0. The van der Waals surface area contributed by atoms with Crippen molar-refractivity contribution < 1.29 is 13.2 Å². The fraction of sp³-hybridized carbons (Fsp3) is 0.923. The van der Waals surface area contributed by atoms with E-state index in [0.717, 1.165) is 32.6 Å². The fourth-order valence-corrected chi connectivity index (χ4v) is 4.94. The maximum absolute atomic E-state index is 12.4. The predicted octanol–water partition coefficient (Wildman–Crippen LogP) is 0.364. The standard InChI is InChI=1S/C13H24N2O3S/c1-4-14-6-7-15(13(2,3)12(14)16)9-11-5-8-19(17,18)10-11/h11H,4-10H2,1-3H3. The summed E-state index contributed by atoms with van der Waals surface area (Å²) in [5.41, 5.74) is -0.513. The largest absolute Gasteiger partial charge is 0.340 e. The number of likely N-dealkylation sites (N-methyl/N-ethyl adjacent to an activating group) is 1. The van der Waals surface area contributed by atoms with E-state index in [9.17, 15) is 13.2 Å². The summed E-state index contributed by atoms with van der Waals surface area (Å²) in [6, 6.07) is 0. The quantitative estimate of drug-likeness (QED) is 0.752. The van der Waals surface area contributed by atoms with E-state index in [1.807, 2.05) is 25.7 Å². The van der Waals surface area contributed by atoms with E-state index >= 15 is 0 Å². The number of nitrogens with zero attached hydrogens (tertiary/aromatic N) is 2. The molecule has 2 fully saturated rings. The topological polar surface area (TPSA) is 57.7 Å². The van der Waals surface area contributed by atoms with Crippen LogP contribution in [0.15, 0.2) is 0 Å². The van der Waals surface area contributed by atoms with Gasteiger partial charge in [0, 0.05) is 26.2 Å². The summed E-state index contributed by atoms with van der Waals surface area (Å²) in [5.74, 6) is 0.930. The molecule has 6 heteroatoms. The second-order valence-corrected chi connectivity index (χ2v) is 8.39. The molecule has 2 heterocycles. The highest BCUT2D eigenvalue weighted by Crippen LogP contribution is 2.27. The minimum absolute atomic E-state index is 0.155. The summed E-state index contributed by atoms with van der Waals surface area (Å²) in [5, 5.41) is 0. The van der Waals surface area contributed by atoms with Crippen LogP contribution in [0.1, 0.15) is 27.2 Å². The number of amides is 1. The fourth-order valence-electron chi connectivity index (χ4n) is 3.09. The van der Waals surface area contributed by atoms with Crippen LogP contribution in [0.5, 0.6) is 0 Å². The highest BCUT2D eigenvalue weighted by Gasteiger charge is 2.42. The van der Waals surface area contributed by atoms with Gasteiger partial charge < -0.3 is 4.90 Å². The molecule has 1 unspecified atom stereocenters. The predicted molar refractivity (Wildman–Crippen MR) is 74.7 cm³/mol. The van der Waals surface area contributed by atoms with Crippen LogP contribution in [-0.2, 0) is 14.6 Å². The number of hydrogen-bond acceptors (Lipinski definition) is 4. The number of carbonyl (C=O) groups is 1. The van der Waals surface area contributed by atoms with Gasteiger partial charge in [-0.1, -0.05) is 0 Å². The first kappa shape index (κ1) is 14.8. The lowest BCUT2D eigenvalue weighted by Crippen LogP contribution is -2.63. The van der Waals surface area contributed by atoms with E-state index in [2.05, 4.69) is 4.90 Å². The molecule has 2 rings (SSSR count). The average molecular weight is 288 g/mol. The summed E-state index contributed by atoms with van der Waals surface area (Å²) < 4.78 is 23.0. The van der Waals surface area contributed by atoms with Crippen LogP contribution >= 0.6 is 0 Å². The molecule has 2 aliphatic heterocycles. The Labute approximate surface area is 115 Å². The van der Waals surface area contributed by atoms with E-state index in [4.69, 9.17) is 0 Å². The smallest absolute Gasteiger partial charge is 0.242 e. The number of carbonyl (C=O) groups excluding carboxylic acids is 1. The zero-order valence-corrected chi connectivity index (χ0v) is 12.9. The minimum atomic E-state index is -2.83. The molecule has 0 bridgehead atoms. The van der Waals surface area contributed by atoms with Crippen molar-refractivity contribution in [2.75, 3.05) is 37.7 Å². The summed E-state index contributed by atoms with van der Waals surface area (Å²) in [4.78, 5) is 16.4. The Balaban J connectivity index is 2.03. The van der Waals surface area contributed by atoms with E-state index < -0.39 is 15.4 Å². The molecule has 0 aromatic heterocycles. The van der Waals surface area contributed by atoms with Gasteiger partial charge in [-0.2, -0.15) is 0 Å². The van der Waals surface area contributed by atoms with Gasteiger partial charge in [0.25, 0.3) is 0 Å². The number of hydrogen-bond donors (Lipinski definition) is 0. The van der Waals surface area contributed by atoms with Crippen molar-refractivity contribution in [2.24, 2.45) is 5.92 Å². The second kappa shape index (κ2) is 5.05. The molecule has 0 aromatic carbocycles. The molecule has 0 aliphatic carbocycles. The molecule has 19 heavy (non-hydrogen) atoms. The van der Waals surface area contributed by atoms with Crippen molar-refractivity contribution in [1.82, 2.24) is 9.80 Å². The molecule has 1 amide bonds. The average Bonchev–Trinajstić information content (AvgIpc) is 2.66. The van der Waals surface area contributed by atoms with Gasteiger partial charge in [0.15, 0.2) is 9.84 Å². The molecule has 5 nitrogen and oxygen atoms in total. The van der Waals surface area contributed by atoms with Crippen molar-refractivity contribution in [1.29, 1.82) is 0 Å². The Morgan fingerprint density at radius 1 is 1.32 bits per heavy atom. The van der Waals surface area contributed by atoms with Crippen LogP contribution in [0.3, 0.4) is 0 Å². The van der Waals surface area contributed by atoms with Crippen molar-refractivity contribution in [2.45, 2.75) is 32.7 Å². The lowest BCUT2D eigenvalue weighted by atomic mass is 9.95. The number of piperazine rings is 1. The van der Waals surface area contributed by atoms with Crippen LogP contribution in [0.4, 0.5) is 0 Å². The summed E-state index contributed by atoms with van der Waals surface area (Å²) in [6.07, 6.45) is 0.737. The number of rotatable bonds is 3. The van der Waals surface area contributed by atoms with Gasteiger partial charge in [-0.15, -0.1) is 0 Å². The first-order chi connectivity index (χ1) is 8.76. The molecule has 1 atom stereocenters. The molecule has 0 saturated carbocycles. The number of sulfone groups is 1. The Kier molecular flexibility index (Phi) is 3.93. The monoisotopic (exact) mass is 288 g/mol. The third-order valence-corrected chi connectivity index (χ3v) is 6.27. The molecule has 0 aromatic rings. The van der Waals surface area contributed by atoms with E-state index in [1.165, 1.54) is 0 Å². The van der Waals surface area contributed by atoms with Crippen LogP contribution in [-0.4, -0.2) is 67.3 Å². The van der Waals surface area contributed by atoms with E-state index in [0.29, 0.717) is 5.75 Å². The maximum Gasteiger partial charge on any atom is 0.242 e. The van der Waals surface area contributed by atoms with Gasteiger partial charge in [0.2, 0.25) is 5.91 Å². The minimum Gasteiger partial charge on any atom is -0.340 e. The zero-order chi connectivity index (χ0) is 14.3. The molecular weight excluding hydrogens is 264 g/mol. The van der Waals surface area contributed by atoms with Crippen LogP contribution < -0.4 is 0 Å². The van der Waals surface area contributed by atoms with Gasteiger partial charge >= 0.3 is 0 Å². The zero-order valence-electron chi connectivity index (χ0n) is 12.1. The molecule has 2 saturated heterocycles. The Morgan fingerprint density at radius 3 is 2.53 bits per heavy atom. The Morgan fingerprint density at radius 2 is 2.00 bits per heavy atom. The Hall–Kier alpha value is -0.620. The first-order valence-electron chi connectivity index (χ1n) is 7.01. The van der Waals surface area contributed by atoms with Crippen molar-refractivity contribution >= 4 is 15.7 Å². The van der Waals surface area contributed by atoms with Crippen molar-refractivity contribution in [3.8, 4) is 0 Å². The maximum atomic E-state index is 12.4. The van der Waals surface area contributed by atoms with Crippen LogP contribution in [0.2, 0.25) is 0 Å². The van der Waals surface area contributed by atoms with Crippen LogP contribution in [0.25, 0.3) is 0 Å². The first-order valence-corrected chi connectivity index (χ1v) is 8.83.